The highest BCUT2D eigenvalue weighted by atomic mass is 35.5. The molecule has 0 radical (unpaired) electrons. The molecule has 0 aliphatic carbocycles. The minimum atomic E-state index is -0.527. The fourth-order valence-electron chi connectivity index (χ4n) is 1.29. The molecule has 6 nitrogen and oxygen atoms in total. The molecule has 1 aromatic rings. The maximum atomic E-state index is 11.7. The summed E-state index contributed by atoms with van der Waals surface area (Å²) in [7, 11) is 0. The summed E-state index contributed by atoms with van der Waals surface area (Å²) in [5.74, 6) is 0.110. The highest BCUT2D eigenvalue weighted by molar-refractivity contribution is 6.32. The van der Waals surface area contributed by atoms with E-state index in [0.717, 1.165) is 4.68 Å². The van der Waals surface area contributed by atoms with E-state index in [4.69, 9.17) is 16.7 Å². The number of rotatable bonds is 6. The number of aliphatic hydroxyl groups is 2. The van der Waals surface area contributed by atoms with Crippen molar-refractivity contribution in [3.63, 3.8) is 0 Å². The van der Waals surface area contributed by atoms with E-state index in [2.05, 4.69) is 10.4 Å². The lowest BCUT2D eigenvalue weighted by Gasteiger charge is -2.16. The number of anilines is 1. The van der Waals surface area contributed by atoms with Crippen LogP contribution in [0.3, 0.4) is 0 Å². The third-order valence-electron chi connectivity index (χ3n) is 2.57. The normalized spacial score (nSPS) is 12.8. The first-order valence-corrected chi connectivity index (χ1v) is 6.13. The Morgan fingerprint density at radius 3 is 2.78 bits per heavy atom. The molecule has 0 amide bonds. The minimum Gasteiger partial charge on any atom is -0.394 e. The Labute approximate surface area is 110 Å². The largest absolute Gasteiger partial charge is 0.394 e. The molecule has 0 fully saturated rings. The summed E-state index contributed by atoms with van der Waals surface area (Å²) in [6.45, 7) is 4.01. The molecular weight excluding hydrogens is 258 g/mol. The van der Waals surface area contributed by atoms with Gasteiger partial charge in [0.25, 0.3) is 5.56 Å². The second-order valence-electron chi connectivity index (χ2n) is 4.32. The van der Waals surface area contributed by atoms with Crippen molar-refractivity contribution in [1.29, 1.82) is 0 Å². The van der Waals surface area contributed by atoms with Crippen molar-refractivity contribution in [2.45, 2.75) is 26.5 Å². The summed E-state index contributed by atoms with van der Waals surface area (Å²) in [6.07, 6.45) is 0.882. The Kier molecular flexibility index (Phi) is 5.58. The van der Waals surface area contributed by atoms with Crippen molar-refractivity contribution in [3.8, 4) is 0 Å². The molecule has 1 heterocycles. The van der Waals surface area contributed by atoms with E-state index < -0.39 is 11.7 Å². The maximum Gasteiger partial charge on any atom is 0.287 e. The minimum absolute atomic E-state index is 0.00871. The molecule has 1 atom stereocenters. The zero-order valence-corrected chi connectivity index (χ0v) is 11.2. The van der Waals surface area contributed by atoms with E-state index in [1.54, 1.807) is 0 Å². The first-order chi connectivity index (χ1) is 8.47. The first-order valence-electron chi connectivity index (χ1n) is 5.75. The third kappa shape index (κ3) is 3.69. The zero-order chi connectivity index (χ0) is 13.7. The predicted molar refractivity (Wildman–Crippen MR) is 69.9 cm³/mol. The van der Waals surface area contributed by atoms with Crippen LogP contribution in [0.5, 0.6) is 0 Å². The molecule has 18 heavy (non-hydrogen) atoms. The van der Waals surface area contributed by atoms with Crippen LogP contribution in [-0.2, 0) is 6.54 Å². The predicted octanol–water partition coefficient (Wildman–Crippen LogP) is 0.318. The highest BCUT2D eigenvalue weighted by Gasteiger charge is 2.12. The van der Waals surface area contributed by atoms with Crippen molar-refractivity contribution in [1.82, 2.24) is 9.78 Å². The number of aromatic nitrogens is 2. The molecule has 3 N–H and O–H groups in total. The molecule has 1 unspecified atom stereocenters. The standard InChI is InChI=1S/C11H18ClN3O3/c1-7(2)9(17)6-13-8-5-14-15(3-4-16)11(18)10(8)12/h5,7,9,13,16-17H,3-4,6H2,1-2H3. The van der Waals surface area contributed by atoms with Crippen LogP contribution in [0.15, 0.2) is 11.0 Å². The van der Waals surface area contributed by atoms with E-state index >= 15 is 0 Å². The second-order valence-corrected chi connectivity index (χ2v) is 4.69. The van der Waals surface area contributed by atoms with Crippen LogP contribution in [0.4, 0.5) is 5.69 Å². The summed E-state index contributed by atoms with van der Waals surface area (Å²) in [4.78, 5) is 11.7. The Hall–Kier alpha value is -1.11. The fourth-order valence-corrected chi connectivity index (χ4v) is 1.51. The van der Waals surface area contributed by atoms with Gasteiger partial charge in [-0.2, -0.15) is 5.10 Å². The van der Waals surface area contributed by atoms with Gasteiger partial charge in [0.05, 0.1) is 31.1 Å². The number of halogens is 1. The number of hydrogen-bond acceptors (Lipinski definition) is 5. The molecule has 0 saturated carbocycles. The topological polar surface area (TPSA) is 87.4 Å². The molecule has 0 aliphatic rings. The van der Waals surface area contributed by atoms with Gasteiger partial charge in [-0.1, -0.05) is 25.4 Å². The lowest BCUT2D eigenvalue weighted by Crippen LogP contribution is -2.28. The van der Waals surface area contributed by atoms with Gasteiger partial charge in [0, 0.05) is 6.54 Å². The molecule has 0 bridgehead atoms. The van der Waals surface area contributed by atoms with Crippen molar-refractivity contribution in [2.75, 3.05) is 18.5 Å². The summed E-state index contributed by atoms with van der Waals surface area (Å²) < 4.78 is 1.09. The summed E-state index contributed by atoms with van der Waals surface area (Å²) in [5, 5.41) is 25.2. The smallest absolute Gasteiger partial charge is 0.287 e. The zero-order valence-electron chi connectivity index (χ0n) is 10.4. The van der Waals surface area contributed by atoms with Crippen molar-refractivity contribution >= 4 is 17.3 Å². The van der Waals surface area contributed by atoms with Gasteiger partial charge < -0.3 is 15.5 Å². The first kappa shape index (κ1) is 14.9. The van der Waals surface area contributed by atoms with Gasteiger partial charge in [-0.05, 0) is 5.92 Å². The molecule has 1 rings (SSSR count). The highest BCUT2D eigenvalue weighted by Crippen LogP contribution is 2.15. The van der Waals surface area contributed by atoms with Crippen molar-refractivity contribution in [2.24, 2.45) is 5.92 Å². The molecule has 7 heteroatoms. The summed E-state index contributed by atoms with van der Waals surface area (Å²) in [5.41, 5.74) is -0.0784. The van der Waals surface area contributed by atoms with Gasteiger partial charge in [-0.25, -0.2) is 4.68 Å². The summed E-state index contributed by atoms with van der Waals surface area (Å²) >= 11 is 5.90. The molecular formula is C11H18ClN3O3. The quantitative estimate of drug-likeness (QED) is 0.696. The van der Waals surface area contributed by atoms with E-state index in [-0.39, 0.29) is 24.1 Å². The van der Waals surface area contributed by atoms with Crippen LogP contribution in [0.2, 0.25) is 5.02 Å². The van der Waals surface area contributed by atoms with Crippen LogP contribution in [0, 0.1) is 5.92 Å². The number of hydrogen-bond donors (Lipinski definition) is 3. The summed E-state index contributed by atoms with van der Waals surface area (Å²) in [6, 6.07) is 0. The Balaban J connectivity index is 2.79. The van der Waals surface area contributed by atoms with Crippen LogP contribution >= 0.6 is 11.6 Å². The number of aliphatic hydroxyl groups excluding tert-OH is 2. The molecule has 0 aliphatic heterocycles. The number of nitrogens with zero attached hydrogens (tertiary/aromatic N) is 2. The molecule has 1 aromatic heterocycles. The van der Waals surface area contributed by atoms with Crippen LogP contribution < -0.4 is 10.9 Å². The van der Waals surface area contributed by atoms with Crippen molar-refractivity contribution in [3.05, 3.63) is 21.6 Å². The Bertz CT molecular complexity index is 448. The van der Waals surface area contributed by atoms with Gasteiger partial charge in [0.15, 0.2) is 0 Å². The second kappa shape index (κ2) is 6.72. The van der Waals surface area contributed by atoms with Gasteiger partial charge in [-0.3, -0.25) is 4.79 Å². The maximum absolute atomic E-state index is 11.7. The van der Waals surface area contributed by atoms with Crippen LogP contribution in [0.25, 0.3) is 0 Å². The lowest BCUT2D eigenvalue weighted by molar-refractivity contribution is 0.138. The van der Waals surface area contributed by atoms with Crippen LogP contribution in [-0.4, -0.2) is 39.2 Å². The van der Waals surface area contributed by atoms with Crippen molar-refractivity contribution < 1.29 is 10.2 Å². The van der Waals surface area contributed by atoms with Gasteiger partial charge in [0.2, 0.25) is 0 Å². The van der Waals surface area contributed by atoms with E-state index in [1.165, 1.54) is 6.20 Å². The van der Waals surface area contributed by atoms with Crippen LogP contribution in [0.1, 0.15) is 13.8 Å². The van der Waals surface area contributed by atoms with Gasteiger partial charge in [-0.15, -0.1) is 0 Å². The molecule has 0 aromatic carbocycles. The molecule has 0 saturated heterocycles. The van der Waals surface area contributed by atoms with E-state index in [0.29, 0.717) is 12.2 Å². The van der Waals surface area contributed by atoms with E-state index in [1.807, 2.05) is 13.8 Å². The van der Waals surface area contributed by atoms with E-state index in [9.17, 15) is 9.90 Å². The average Bonchev–Trinajstić information content (AvgIpc) is 2.33. The molecule has 102 valence electrons. The number of nitrogens with one attached hydrogen (secondary N) is 1. The molecule has 0 spiro atoms. The lowest BCUT2D eigenvalue weighted by atomic mass is 10.1. The van der Waals surface area contributed by atoms with Gasteiger partial charge >= 0.3 is 0 Å². The Morgan fingerprint density at radius 1 is 1.56 bits per heavy atom. The SMILES string of the molecule is CC(C)C(O)CNc1cnn(CCO)c(=O)c1Cl. The van der Waals surface area contributed by atoms with Gasteiger partial charge in [0.1, 0.15) is 5.02 Å². The monoisotopic (exact) mass is 275 g/mol. The average molecular weight is 276 g/mol. The fraction of sp³-hybridized carbons (Fsp3) is 0.636. The Morgan fingerprint density at radius 2 is 2.22 bits per heavy atom. The third-order valence-corrected chi connectivity index (χ3v) is 2.93.